The molecule has 0 aliphatic carbocycles. The van der Waals surface area contributed by atoms with Crippen molar-refractivity contribution in [1.82, 2.24) is 10.6 Å². The fourth-order valence-corrected chi connectivity index (χ4v) is 4.04. The Labute approximate surface area is 224 Å². The number of alkyl halides is 3. The molecular weight excluding hydrogens is 505 g/mol. The van der Waals surface area contributed by atoms with Crippen LogP contribution in [0.25, 0.3) is 0 Å². The minimum absolute atomic E-state index is 0.189. The van der Waals surface area contributed by atoms with Crippen LogP contribution in [0.4, 0.5) is 34.1 Å². The molecular formula is C30H27F3N4O2. The highest BCUT2D eigenvalue weighted by atomic mass is 19.4. The van der Waals surface area contributed by atoms with Gasteiger partial charge < -0.3 is 21.3 Å². The normalized spacial score (nSPS) is 12.6. The van der Waals surface area contributed by atoms with E-state index in [-0.39, 0.29) is 5.69 Å². The van der Waals surface area contributed by atoms with Crippen molar-refractivity contribution in [2.75, 3.05) is 10.6 Å². The fourth-order valence-electron chi connectivity index (χ4n) is 4.04. The molecule has 6 nitrogen and oxygen atoms in total. The fraction of sp³-hybridized carbons (Fsp3) is 0.133. The number of halogens is 3. The van der Waals surface area contributed by atoms with Crippen molar-refractivity contribution in [3.05, 3.63) is 131 Å². The minimum atomic E-state index is -4.48. The number of hydrogen-bond donors (Lipinski definition) is 4. The molecule has 4 rings (SSSR count). The second-order valence-electron chi connectivity index (χ2n) is 8.91. The SMILES string of the molecule is Cc1ccc(NC(=O)N[C@@H](c2ccccc2)[C@@H](NC(=O)Nc2ccc(C(F)(F)F)cc2)c2ccccc2)cc1. The molecule has 0 saturated carbocycles. The summed E-state index contributed by atoms with van der Waals surface area (Å²) in [5, 5.41) is 11.3. The van der Waals surface area contributed by atoms with Crippen molar-refractivity contribution >= 4 is 23.4 Å². The summed E-state index contributed by atoms with van der Waals surface area (Å²) in [7, 11) is 0. The smallest absolute Gasteiger partial charge is 0.329 e. The van der Waals surface area contributed by atoms with Gasteiger partial charge in [-0.25, -0.2) is 9.59 Å². The molecule has 0 radical (unpaired) electrons. The Morgan fingerprint density at radius 1 is 0.590 bits per heavy atom. The Morgan fingerprint density at radius 2 is 0.974 bits per heavy atom. The Balaban J connectivity index is 1.59. The summed E-state index contributed by atoms with van der Waals surface area (Å²) in [6, 6.07) is 27.2. The Morgan fingerprint density at radius 3 is 1.36 bits per heavy atom. The number of nitrogens with one attached hydrogen (secondary N) is 4. The number of aryl methyl sites for hydroxylation is 1. The van der Waals surface area contributed by atoms with Crippen LogP contribution >= 0.6 is 0 Å². The van der Waals surface area contributed by atoms with Crippen molar-refractivity contribution in [2.45, 2.75) is 25.2 Å². The van der Waals surface area contributed by atoms with Crippen LogP contribution < -0.4 is 21.3 Å². The molecule has 4 aromatic rings. The van der Waals surface area contributed by atoms with Crippen LogP contribution in [0.1, 0.15) is 34.3 Å². The van der Waals surface area contributed by atoms with Crippen LogP contribution in [0.2, 0.25) is 0 Å². The van der Waals surface area contributed by atoms with Crippen LogP contribution in [0.3, 0.4) is 0 Å². The first-order chi connectivity index (χ1) is 18.7. The van der Waals surface area contributed by atoms with Gasteiger partial charge in [0.25, 0.3) is 0 Å². The van der Waals surface area contributed by atoms with Gasteiger partial charge in [0.15, 0.2) is 0 Å². The molecule has 0 aromatic heterocycles. The van der Waals surface area contributed by atoms with Crippen molar-refractivity contribution in [1.29, 1.82) is 0 Å². The summed E-state index contributed by atoms with van der Waals surface area (Å²) in [5.41, 5.74) is 2.48. The lowest BCUT2D eigenvalue weighted by Crippen LogP contribution is -2.43. The maximum absolute atomic E-state index is 13.1. The first-order valence-electron chi connectivity index (χ1n) is 12.2. The summed E-state index contributed by atoms with van der Waals surface area (Å²) in [5.74, 6) is 0. The summed E-state index contributed by atoms with van der Waals surface area (Å²) >= 11 is 0. The average molecular weight is 533 g/mol. The van der Waals surface area contributed by atoms with Gasteiger partial charge in [-0.1, -0.05) is 78.4 Å². The van der Waals surface area contributed by atoms with Crippen LogP contribution in [-0.4, -0.2) is 12.1 Å². The van der Waals surface area contributed by atoms with Gasteiger partial charge in [-0.15, -0.1) is 0 Å². The van der Waals surface area contributed by atoms with Gasteiger partial charge in [0.2, 0.25) is 0 Å². The van der Waals surface area contributed by atoms with E-state index >= 15 is 0 Å². The van der Waals surface area contributed by atoms with Gasteiger partial charge in [-0.2, -0.15) is 13.2 Å². The highest BCUT2D eigenvalue weighted by Gasteiger charge is 2.31. The number of rotatable bonds is 7. The van der Waals surface area contributed by atoms with Crippen molar-refractivity contribution < 1.29 is 22.8 Å². The minimum Gasteiger partial charge on any atom is -0.329 e. The first-order valence-corrected chi connectivity index (χ1v) is 12.2. The van der Waals surface area contributed by atoms with Crippen LogP contribution in [0.15, 0.2) is 109 Å². The number of benzene rings is 4. The average Bonchev–Trinajstić information content (AvgIpc) is 2.93. The zero-order valence-electron chi connectivity index (χ0n) is 21.0. The number of carbonyl (C=O) groups excluding carboxylic acids is 2. The quantitative estimate of drug-likeness (QED) is 0.200. The molecule has 0 fully saturated rings. The first kappa shape index (κ1) is 27.3. The third-order valence-corrected chi connectivity index (χ3v) is 6.00. The number of carbonyl (C=O) groups is 2. The van der Waals surface area contributed by atoms with E-state index in [1.54, 1.807) is 12.1 Å². The van der Waals surface area contributed by atoms with Crippen LogP contribution in [0.5, 0.6) is 0 Å². The highest BCUT2D eigenvalue weighted by Crippen LogP contribution is 2.31. The van der Waals surface area contributed by atoms with E-state index in [1.807, 2.05) is 79.7 Å². The number of anilines is 2. The molecule has 0 spiro atoms. The maximum atomic E-state index is 13.1. The lowest BCUT2D eigenvalue weighted by Gasteiger charge is -2.30. The second-order valence-corrected chi connectivity index (χ2v) is 8.91. The number of amides is 4. The maximum Gasteiger partial charge on any atom is 0.416 e. The summed E-state index contributed by atoms with van der Waals surface area (Å²) in [6.07, 6.45) is -4.48. The predicted octanol–water partition coefficient (Wildman–Crippen LogP) is 7.44. The van der Waals surface area contributed by atoms with E-state index in [0.717, 1.165) is 23.3 Å². The molecule has 4 amide bonds. The topological polar surface area (TPSA) is 82.3 Å². The van der Waals surface area contributed by atoms with E-state index in [2.05, 4.69) is 21.3 Å². The van der Waals surface area contributed by atoms with Gasteiger partial charge >= 0.3 is 18.2 Å². The molecule has 0 heterocycles. The third-order valence-electron chi connectivity index (χ3n) is 6.00. The van der Waals surface area contributed by atoms with Crippen molar-refractivity contribution in [2.24, 2.45) is 0 Å². The summed E-state index contributed by atoms with van der Waals surface area (Å²) in [4.78, 5) is 26.1. The lowest BCUT2D eigenvalue weighted by molar-refractivity contribution is -0.137. The van der Waals surface area contributed by atoms with Crippen molar-refractivity contribution in [3.8, 4) is 0 Å². The molecule has 9 heteroatoms. The van der Waals surface area contributed by atoms with E-state index in [0.29, 0.717) is 11.3 Å². The van der Waals surface area contributed by atoms with E-state index < -0.39 is 35.9 Å². The zero-order chi connectivity index (χ0) is 27.8. The second kappa shape index (κ2) is 12.2. The largest absolute Gasteiger partial charge is 0.416 e. The standard InChI is InChI=1S/C30H27F3N4O2/c1-20-12-16-24(17-13-20)34-28(38)36-26(21-8-4-2-5-9-21)27(22-10-6-3-7-11-22)37-29(39)35-25-18-14-23(15-19-25)30(31,32)33/h2-19,26-27H,1H3,(H2,34,36,38)(H2,35,37,39)/t26-,27-/m0/s1. The highest BCUT2D eigenvalue weighted by molar-refractivity contribution is 5.91. The van der Waals surface area contributed by atoms with Crippen LogP contribution in [0, 0.1) is 6.92 Å². The summed E-state index contributed by atoms with van der Waals surface area (Å²) < 4.78 is 38.7. The van der Waals surface area contributed by atoms with Gasteiger partial charge in [-0.3, -0.25) is 0 Å². The Bertz CT molecular complexity index is 1380. The van der Waals surface area contributed by atoms with Gasteiger partial charge in [0.05, 0.1) is 17.6 Å². The van der Waals surface area contributed by atoms with E-state index in [4.69, 9.17) is 0 Å². The van der Waals surface area contributed by atoms with Gasteiger partial charge in [0.1, 0.15) is 0 Å². The Hall–Kier alpha value is -4.79. The number of urea groups is 2. The molecule has 2 atom stereocenters. The molecule has 0 saturated heterocycles. The number of hydrogen-bond acceptors (Lipinski definition) is 2. The van der Waals surface area contributed by atoms with Crippen LogP contribution in [-0.2, 0) is 6.18 Å². The third kappa shape index (κ3) is 7.61. The van der Waals surface area contributed by atoms with Gasteiger partial charge in [-0.05, 0) is 54.4 Å². The van der Waals surface area contributed by atoms with Gasteiger partial charge in [0, 0.05) is 11.4 Å². The molecule has 0 bridgehead atoms. The molecule has 0 aliphatic rings. The van der Waals surface area contributed by atoms with Crippen molar-refractivity contribution in [3.63, 3.8) is 0 Å². The van der Waals surface area contributed by atoms with E-state index in [1.165, 1.54) is 12.1 Å². The lowest BCUT2D eigenvalue weighted by atomic mass is 9.93. The molecule has 0 aliphatic heterocycles. The molecule has 200 valence electrons. The van der Waals surface area contributed by atoms with E-state index in [9.17, 15) is 22.8 Å². The molecule has 4 aromatic carbocycles. The molecule has 0 unspecified atom stereocenters. The summed E-state index contributed by atoms with van der Waals surface area (Å²) in [6.45, 7) is 1.95. The zero-order valence-corrected chi connectivity index (χ0v) is 21.0. The monoisotopic (exact) mass is 532 g/mol. The predicted molar refractivity (Wildman–Crippen MR) is 145 cm³/mol. The molecule has 39 heavy (non-hydrogen) atoms. The Kier molecular flexibility index (Phi) is 8.50. The molecule has 4 N–H and O–H groups in total.